The molecule has 2 rings (SSSR count). The molecule has 6 heteroatoms. The summed E-state index contributed by atoms with van der Waals surface area (Å²) in [5.74, 6) is -1.32. The molecule has 1 atom stereocenters. The van der Waals surface area contributed by atoms with E-state index in [4.69, 9.17) is 4.74 Å². The van der Waals surface area contributed by atoms with Crippen molar-refractivity contribution in [3.63, 3.8) is 0 Å². The van der Waals surface area contributed by atoms with Crippen LogP contribution in [0.25, 0.3) is 0 Å². The minimum absolute atomic E-state index is 0.105. The number of nitrogens with one attached hydrogen (secondary N) is 1. The average molecular weight is 351 g/mol. The fraction of sp³-hybridized carbons (Fsp3) is 0.316. The number of hydrogen-bond donors (Lipinski definition) is 1. The van der Waals surface area contributed by atoms with E-state index in [9.17, 15) is 18.0 Å². The monoisotopic (exact) mass is 351 g/mol. The lowest BCUT2D eigenvalue weighted by Gasteiger charge is -2.34. The fourth-order valence-electron chi connectivity index (χ4n) is 2.53. The number of halogens is 3. The first-order valence-corrected chi connectivity index (χ1v) is 7.96. The number of alkyl halides is 3. The smallest absolute Gasteiger partial charge is 0.417 e. The third-order valence-electron chi connectivity index (χ3n) is 3.86. The molecule has 0 fully saturated rings. The zero-order chi connectivity index (χ0) is 18.3. The van der Waals surface area contributed by atoms with E-state index in [-0.39, 0.29) is 13.2 Å². The normalized spacial score (nSPS) is 13.9. The van der Waals surface area contributed by atoms with Crippen molar-refractivity contribution >= 4 is 5.97 Å². The van der Waals surface area contributed by atoms with E-state index in [1.807, 2.05) is 0 Å². The summed E-state index contributed by atoms with van der Waals surface area (Å²) in [6, 6.07) is 16.7. The summed E-state index contributed by atoms with van der Waals surface area (Å²) in [4.78, 5) is 12.3. The fourth-order valence-corrected chi connectivity index (χ4v) is 2.53. The van der Waals surface area contributed by atoms with Gasteiger partial charge in [-0.3, -0.25) is 5.32 Å². The van der Waals surface area contributed by atoms with Crippen LogP contribution in [0, 0.1) is 0 Å². The number of benzene rings is 2. The first-order chi connectivity index (χ1) is 11.9. The van der Waals surface area contributed by atoms with E-state index in [0.717, 1.165) is 0 Å². The standard InChI is InChI=1S/C19H20F3NO2/c1-2-25-17(24)18(19(20,21)22,13-15-9-5-3-6-10-15)23-14-16-11-7-4-8-12-16/h3-12,23H,2,13-14H2,1H3. The van der Waals surface area contributed by atoms with Crippen molar-refractivity contribution in [2.24, 2.45) is 0 Å². The minimum atomic E-state index is -4.82. The van der Waals surface area contributed by atoms with Crippen LogP contribution in [-0.2, 0) is 22.5 Å². The molecule has 0 spiro atoms. The largest absolute Gasteiger partial charge is 0.464 e. The molecule has 0 saturated carbocycles. The molecule has 134 valence electrons. The number of esters is 1. The molecule has 0 aliphatic carbocycles. The van der Waals surface area contributed by atoms with Crippen molar-refractivity contribution in [2.45, 2.75) is 31.6 Å². The Morgan fingerprint density at radius 2 is 1.48 bits per heavy atom. The van der Waals surface area contributed by atoms with Crippen molar-refractivity contribution in [3.8, 4) is 0 Å². The highest BCUT2D eigenvalue weighted by Gasteiger charge is 2.61. The Hall–Kier alpha value is -2.34. The molecule has 0 bridgehead atoms. The number of hydrogen-bond acceptors (Lipinski definition) is 3. The van der Waals surface area contributed by atoms with E-state index >= 15 is 0 Å². The summed E-state index contributed by atoms with van der Waals surface area (Å²) in [5, 5.41) is 2.42. The molecular weight excluding hydrogens is 331 g/mol. The van der Waals surface area contributed by atoms with Crippen molar-refractivity contribution in [2.75, 3.05) is 6.61 Å². The van der Waals surface area contributed by atoms with Gasteiger partial charge >= 0.3 is 12.1 Å². The number of carbonyl (C=O) groups is 1. The van der Waals surface area contributed by atoms with E-state index in [2.05, 4.69) is 5.32 Å². The van der Waals surface area contributed by atoms with Crippen molar-refractivity contribution in [1.82, 2.24) is 5.32 Å². The van der Waals surface area contributed by atoms with Crippen LogP contribution in [-0.4, -0.2) is 24.3 Å². The van der Waals surface area contributed by atoms with Crippen molar-refractivity contribution < 1.29 is 22.7 Å². The van der Waals surface area contributed by atoms with Crippen molar-refractivity contribution in [1.29, 1.82) is 0 Å². The summed E-state index contributed by atoms with van der Waals surface area (Å²) in [7, 11) is 0. The molecule has 0 saturated heterocycles. The number of rotatable bonds is 7. The zero-order valence-corrected chi connectivity index (χ0v) is 13.8. The van der Waals surface area contributed by atoms with Crippen LogP contribution in [0.2, 0.25) is 0 Å². The van der Waals surface area contributed by atoms with Crippen LogP contribution in [0.1, 0.15) is 18.1 Å². The van der Waals surface area contributed by atoms with Gasteiger partial charge in [-0.2, -0.15) is 13.2 Å². The van der Waals surface area contributed by atoms with E-state index in [1.165, 1.54) is 6.92 Å². The molecule has 0 heterocycles. The van der Waals surface area contributed by atoms with Crippen LogP contribution in [0.5, 0.6) is 0 Å². The van der Waals surface area contributed by atoms with Gasteiger partial charge in [-0.1, -0.05) is 60.7 Å². The van der Waals surface area contributed by atoms with Gasteiger partial charge in [0.05, 0.1) is 6.61 Å². The molecule has 1 N–H and O–H groups in total. The Morgan fingerprint density at radius 1 is 0.960 bits per heavy atom. The summed E-state index contributed by atoms with van der Waals surface area (Å²) in [6.45, 7) is 1.25. The van der Waals surface area contributed by atoms with Gasteiger partial charge in [0.2, 0.25) is 5.54 Å². The van der Waals surface area contributed by atoms with E-state index < -0.39 is 24.1 Å². The Labute approximate surface area is 144 Å². The van der Waals surface area contributed by atoms with Crippen LogP contribution >= 0.6 is 0 Å². The molecule has 0 amide bonds. The molecule has 0 aromatic heterocycles. The predicted octanol–water partition coefficient (Wildman–Crippen LogP) is 3.88. The third-order valence-corrected chi connectivity index (χ3v) is 3.86. The first-order valence-electron chi connectivity index (χ1n) is 7.96. The lowest BCUT2D eigenvalue weighted by molar-refractivity contribution is -0.213. The maximum Gasteiger partial charge on any atom is 0.417 e. The van der Waals surface area contributed by atoms with Crippen LogP contribution < -0.4 is 5.32 Å². The molecule has 1 unspecified atom stereocenters. The topological polar surface area (TPSA) is 38.3 Å². The van der Waals surface area contributed by atoms with Gasteiger partial charge in [-0.25, -0.2) is 4.79 Å². The molecular formula is C19H20F3NO2. The molecule has 25 heavy (non-hydrogen) atoms. The van der Waals surface area contributed by atoms with Gasteiger partial charge in [0, 0.05) is 13.0 Å². The zero-order valence-electron chi connectivity index (χ0n) is 13.8. The highest BCUT2D eigenvalue weighted by molar-refractivity contribution is 5.82. The van der Waals surface area contributed by atoms with E-state index in [0.29, 0.717) is 11.1 Å². The maximum atomic E-state index is 14.0. The summed E-state index contributed by atoms with van der Waals surface area (Å²) in [5.41, 5.74) is -1.76. The highest BCUT2D eigenvalue weighted by atomic mass is 19.4. The molecule has 0 aliphatic rings. The number of carbonyl (C=O) groups excluding carboxylic acids is 1. The SMILES string of the molecule is CCOC(=O)C(Cc1ccccc1)(NCc1ccccc1)C(F)(F)F. The second kappa shape index (κ2) is 8.16. The Balaban J connectivity index is 2.37. The quantitative estimate of drug-likeness (QED) is 0.770. The van der Waals surface area contributed by atoms with Gasteiger partial charge in [-0.15, -0.1) is 0 Å². The van der Waals surface area contributed by atoms with Crippen LogP contribution in [0.4, 0.5) is 13.2 Å². The van der Waals surface area contributed by atoms with Gasteiger partial charge in [0.1, 0.15) is 0 Å². The molecule has 0 aliphatic heterocycles. The Kier molecular flexibility index (Phi) is 6.20. The minimum Gasteiger partial charge on any atom is -0.464 e. The summed E-state index contributed by atoms with van der Waals surface area (Å²) >= 11 is 0. The third kappa shape index (κ3) is 4.60. The Morgan fingerprint density at radius 3 is 1.96 bits per heavy atom. The average Bonchev–Trinajstić information content (AvgIpc) is 2.59. The Bertz CT molecular complexity index is 674. The molecule has 3 nitrogen and oxygen atoms in total. The van der Waals surface area contributed by atoms with Crippen LogP contribution in [0.15, 0.2) is 60.7 Å². The van der Waals surface area contributed by atoms with E-state index in [1.54, 1.807) is 60.7 Å². The number of ether oxygens (including phenoxy) is 1. The van der Waals surface area contributed by atoms with Crippen molar-refractivity contribution in [3.05, 3.63) is 71.8 Å². The second-order valence-corrected chi connectivity index (χ2v) is 5.63. The lowest BCUT2D eigenvalue weighted by atomic mass is 9.89. The molecule has 0 radical (unpaired) electrons. The lowest BCUT2D eigenvalue weighted by Crippen LogP contribution is -2.64. The molecule has 2 aromatic carbocycles. The van der Waals surface area contributed by atoms with Gasteiger partial charge in [0.25, 0.3) is 0 Å². The van der Waals surface area contributed by atoms with Gasteiger partial charge in [-0.05, 0) is 18.1 Å². The second-order valence-electron chi connectivity index (χ2n) is 5.63. The predicted molar refractivity (Wildman–Crippen MR) is 88.8 cm³/mol. The van der Waals surface area contributed by atoms with Crippen LogP contribution in [0.3, 0.4) is 0 Å². The summed E-state index contributed by atoms with van der Waals surface area (Å²) in [6.07, 6.45) is -5.35. The first kappa shape index (κ1) is 19.0. The highest BCUT2D eigenvalue weighted by Crippen LogP contribution is 2.35. The van der Waals surface area contributed by atoms with Gasteiger partial charge in [0.15, 0.2) is 0 Å². The van der Waals surface area contributed by atoms with Gasteiger partial charge < -0.3 is 4.74 Å². The summed E-state index contributed by atoms with van der Waals surface area (Å²) < 4.78 is 46.7. The maximum absolute atomic E-state index is 14.0. The molecule has 2 aromatic rings.